The Morgan fingerprint density at radius 2 is 1.84 bits per heavy atom. The number of nitro benzene ring substituents is 1. The van der Waals surface area contributed by atoms with Crippen LogP contribution in [-0.4, -0.2) is 102 Å². The largest absolute Gasteiger partial charge is 0.496 e. The predicted octanol–water partition coefficient (Wildman–Crippen LogP) is 4.83. The molecule has 3 aromatic rings. The monoisotopic (exact) mass is 771 g/mol. The van der Waals surface area contributed by atoms with Gasteiger partial charge < -0.3 is 30.5 Å². The van der Waals surface area contributed by atoms with Gasteiger partial charge in [-0.25, -0.2) is 0 Å². The maximum Gasteiger partial charge on any atom is 0.270 e. The van der Waals surface area contributed by atoms with Crippen LogP contribution < -0.4 is 15.4 Å². The van der Waals surface area contributed by atoms with Crippen LogP contribution >= 0.6 is 0 Å². The summed E-state index contributed by atoms with van der Waals surface area (Å²) in [6, 6.07) is 18.3. The number of rotatable bonds is 15. The molecular formula is C43H57N5O8. The third-order valence-electron chi connectivity index (χ3n) is 12.6. The molecular weight excluding hydrogens is 714 g/mol. The number of para-hydroxylation sites is 1. The number of carbonyl (C=O) groups excluding carboxylic acids is 2. The fourth-order valence-corrected chi connectivity index (χ4v) is 9.60. The zero-order chi connectivity index (χ0) is 40.5. The lowest BCUT2D eigenvalue weighted by Gasteiger charge is -2.62. The third-order valence-corrected chi connectivity index (χ3v) is 12.6. The normalized spacial score (nSPS) is 26.6. The second kappa shape index (κ2) is 17.0. The van der Waals surface area contributed by atoms with E-state index in [0.29, 0.717) is 47.2 Å². The minimum absolute atomic E-state index is 0.0152. The number of carbonyl (C=O) groups is 2. The van der Waals surface area contributed by atoms with Crippen LogP contribution in [0.25, 0.3) is 11.1 Å². The van der Waals surface area contributed by atoms with Crippen molar-refractivity contribution >= 4 is 17.5 Å². The van der Waals surface area contributed by atoms with Crippen molar-refractivity contribution < 1.29 is 34.3 Å². The minimum atomic E-state index is -0.961. The number of hydroxylamine groups is 2. The molecule has 1 saturated heterocycles. The van der Waals surface area contributed by atoms with Gasteiger partial charge in [-0.15, -0.1) is 0 Å². The van der Waals surface area contributed by atoms with Crippen LogP contribution in [0.3, 0.4) is 0 Å². The highest BCUT2D eigenvalue weighted by molar-refractivity contribution is 5.97. The number of hydrogen-bond donors (Lipinski definition) is 4. The molecule has 7 rings (SSSR count). The van der Waals surface area contributed by atoms with Crippen molar-refractivity contribution in [3.63, 3.8) is 0 Å². The van der Waals surface area contributed by atoms with Crippen molar-refractivity contribution in [3.8, 4) is 16.9 Å². The molecule has 0 spiro atoms. The highest BCUT2D eigenvalue weighted by Crippen LogP contribution is 2.61. The van der Waals surface area contributed by atoms with Crippen LogP contribution in [0.2, 0.25) is 0 Å². The summed E-state index contributed by atoms with van der Waals surface area (Å²) in [5, 5.41) is 41.4. The van der Waals surface area contributed by atoms with E-state index >= 15 is 0 Å². The Labute approximate surface area is 329 Å². The molecule has 2 amide bonds. The lowest BCUT2D eigenvalue weighted by molar-refractivity contribution is -0.384. The van der Waals surface area contributed by atoms with Gasteiger partial charge in [-0.1, -0.05) is 69.3 Å². The molecule has 0 radical (unpaired) electrons. The molecule has 2 bridgehead atoms. The number of nitrogens with zero attached hydrogens (tertiary/aromatic N) is 3. The lowest BCUT2D eigenvalue weighted by atomic mass is 9.45. The Hall–Kier alpha value is -4.40. The van der Waals surface area contributed by atoms with Crippen molar-refractivity contribution in [2.24, 2.45) is 29.1 Å². The average Bonchev–Trinajstić information content (AvgIpc) is 3.53. The van der Waals surface area contributed by atoms with Gasteiger partial charge in [0.15, 0.2) is 0 Å². The van der Waals surface area contributed by atoms with Crippen molar-refractivity contribution in [1.82, 2.24) is 20.6 Å². The molecule has 302 valence electrons. The van der Waals surface area contributed by atoms with Crippen molar-refractivity contribution in [1.29, 1.82) is 0 Å². The number of aliphatic hydroxyl groups is 2. The second-order valence-corrected chi connectivity index (χ2v) is 16.9. The second-order valence-electron chi connectivity index (χ2n) is 16.9. The molecule has 0 unspecified atom stereocenters. The molecule has 13 heteroatoms. The Balaban J connectivity index is 1.28. The van der Waals surface area contributed by atoms with E-state index in [1.54, 1.807) is 25.1 Å². The van der Waals surface area contributed by atoms with E-state index in [4.69, 9.17) is 9.57 Å². The number of hydrogen-bond acceptors (Lipinski definition) is 10. The quantitative estimate of drug-likeness (QED) is 0.124. The summed E-state index contributed by atoms with van der Waals surface area (Å²) in [6.45, 7) is 8.62. The van der Waals surface area contributed by atoms with Crippen molar-refractivity contribution in [3.05, 3.63) is 93.5 Å². The van der Waals surface area contributed by atoms with E-state index in [9.17, 15) is 29.9 Å². The molecule has 3 aromatic carbocycles. The molecule has 0 aromatic heterocycles. The van der Waals surface area contributed by atoms with Gasteiger partial charge >= 0.3 is 0 Å². The number of non-ortho nitro benzene ring substituents is 1. The van der Waals surface area contributed by atoms with E-state index in [-0.39, 0.29) is 47.1 Å². The summed E-state index contributed by atoms with van der Waals surface area (Å²) in [5.74, 6) is 0.280. The standard InChI is InChI=1S/C43H57N5O8/c1-25-35-20-31(43(35,3)4)21-36(25)45-42(52)39-38(26(2)50)37(24-49)56-47(39)22-28-14-11-15-34(40(28)55-7)29-17-30(19-33(18-29)48(53)54)41(51)44-32(23-46(5)6)16-27-12-9-8-10-13-27/h8-15,17-19,25-26,31-32,35-39,49-50H,16,20-24H2,1-7H3,(H,44,51)(H,45,52)/t25-,26-,31-,32-,35-,36-,37-,38+,39-/m0/s1. The number of likely N-dealkylation sites (N-methyl/N-ethyl adjacent to an activating group) is 1. The first-order chi connectivity index (χ1) is 26.6. The van der Waals surface area contributed by atoms with E-state index in [1.807, 2.05) is 55.4 Å². The van der Waals surface area contributed by atoms with Gasteiger partial charge in [0.1, 0.15) is 17.9 Å². The Bertz CT molecular complexity index is 1890. The highest BCUT2D eigenvalue weighted by atomic mass is 16.7. The van der Waals surface area contributed by atoms with Crippen LogP contribution in [0, 0.1) is 39.2 Å². The van der Waals surface area contributed by atoms with E-state index in [2.05, 4.69) is 31.4 Å². The van der Waals surface area contributed by atoms with Gasteiger partial charge in [0.2, 0.25) is 5.91 Å². The van der Waals surface area contributed by atoms with Crippen LogP contribution in [0.1, 0.15) is 62.0 Å². The third kappa shape index (κ3) is 8.47. The number of fused-ring (bicyclic) bond motifs is 2. The molecule has 4 N–H and O–H groups in total. The van der Waals surface area contributed by atoms with Gasteiger partial charge in [-0.05, 0) is 80.6 Å². The summed E-state index contributed by atoms with van der Waals surface area (Å²) in [5.41, 5.74) is 2.67. The van der Waals surface area contributed by atoms with Crippen LogP contribution in [0.15, 0.2) is 66.7 Å². The summed E-state index contributed by atoms with van der Waals surface area (Å²) in [7, 11) is 5.33. The molecule has 56 heavy (non-hydrogen) atoms. The van der Waals surface area contributed by atoms with E-state index in [1.165, 1.54) is 30.7 Å². The topological polar surface area (TPSA) is 167 Å². The van der Waals surface area contributed by atoms with Crippen molar-refractivity contribution in [2.45, 2.75) is 83.8 Å². The molecule has 13 nitrogen and oxygen atoms in total. The highest BCUT2D eigenvalue weighted by Gasteiger charge is 2.57. The molecule has 1 heterocycles. The van der Waals surface area contributed by atoms with Gasteiger partial charge in [-0.2, -0.15) is 5.06 Å². The molecule has 4 fully saturated rings. The van der Waals surface area contributed by atoms with Crippen LogP contribution in [-0.2, 0) is 22.6 Å². The smallest absolute Gasteiger partial charge is 0.270 e. The lowest BCUT2D eigenvalue weighted by Crippen LogP contribution is -2.62. The van der Waals surface area contributed by atoms with E-state index in [0.717, 1.165) is 12.0 Å². The summed E-state index contributed by atoms with van der Waals surface area (Å²) in [6.07, 6.45) is 0.838. The van der Waals surface area contributed by atoms with Crippen LogP contribution in [0.4, 0.5) is 5.69 Å². The SMILES string of the molecule is COc1c(CN2O[C@@H](CO)[C@@H]([C@H](C)O)[C@H]2C(=O)N[C@H]2C[C@@H]3C[C@@H]([C@@H]2C)C3(C)C)cccc1-c1cc(C(=O)N[C@@H](Cc2ccccc2)CN(C)C)cc([N+](=O)[O-])c1. The molecule has 4 aliphatic rings. The Morgan fingerprint density at radius 1 is 1.11 bits per heavy atom. The fourth-order valence-electron chi connectivity index (χ4n) is 9.60. The molecule has 9 atom stereocenters. The zero-order valence-corrected chi connectivity index (χ0v) is 33.5. The molecule has 3 aliphatic carbocycles. The summed E-state index contributed by atoms with van der Waals surface area (Å²) < 4.78 is 5.95. The average molecular weight is 772 g/mol. The van der Waals surface area contributed by atoms with Gasteiger partial charge in [0.05, 0.1) is 31.3 Å². The first kappa shape index (κ1) is 41.2. The number of amides is 2. The zero-order valence-electron chi connectivity index (χ0n) is 33.5. The first-order valence-corrected chi connectivity index (χ1v) is 19.6. The Kier molecular flexibility index (Phi) is 12.5. The predicted molar refractivity (Wildman–Crippen MR) is 213 cm³/mol. The molecule has 3 saturated carbocycles. The number of ether oxygens (including phenoxy) is 1. The maximum absolute atomic E-state index is 14.2. The number of nitrogens with one attached hydrogen (secondary N) is 2. The number of nitro groups is 1. The van der Waals surface area contributed by atoms with Gasteiger partial charge in [-0.3, -0.25) is 24.5 Å². The van der Waals surface area contributed by atoms with Crippen LogP contribution in [0.5, 0.6) is 5.75 Å². The fraction of sp³-hybridized carbons (Fsp3) is 0.535. The van der Waals surface area contributed by atoms with Gasteiger partial charge in [0, 0.05) is 53.4 Å². The number of benzene rings is 3. The number of aliphatic hydroxyl groups excluding tert-OH is 2. The van der Waals surface area contributed by atoms with Crippen molar-refractivity contribution in [2.75, 3.05) is 34.4 Å². The maximum atomic E-state index is 14.2. The van der Waals surface area contributed by atoms with Gasteiger partial charge in [0.25, 0.3) is 11.6 Å². The minimum Gasteiger partial charge on any atom is -0.496 e. The summed E-state index contributed by atoms with van der Waals surface area (Å²) in [4.78, 5) is 47.9. The molecule has 1 aliphatic heterocycles. The Morgan fingerprint density at radius 3 is 2.45 bits per heavy atom. The number of methoxy groups -OCH3 is 1. The first-order valence-electron chi connectivity index (χ1n) is 19.6. The van der Waals surface area contributed by atoms with E-state index < -0.39 is 41.6 Å². The summed E-state index contributed by atoms with van der Waals surface area (Å²) >= 11 is 0.